The van der Waals surface area contributed by atoms with Crippen LogP contribution in [0.3, 0.4) is 0 Å². The lowest BCUT2D eigenvalue weighted by atomic mass is 9.86. The van der Waals surface area contributed by atoms with Crippen LogP contribution in [0.5, 0.6) is 0 Å². The summed E-state index contributed by atoms with van der Waals surface area (Å²) < 4.78 is 4.20. The first-order chi connectivity index (χ1) is 9.63. The number of hydrogen-bond donors (Lipinski definition) is 1. The van der Waals surface area contributed by atoms with Crippen molar-refractivity contribution in [3.8, 4) is 0 Å². The number of imidazole rings is 1. The monoisotopic (exact) mass is 275 g/mol. The molecule has 1 aliphatic carbocycles. The predicted molar refractivity (Wildman–Crippen MR) is 81.6 cm³/mol. The first kappa shape index (κ1) is 13.5. The van der Waals surface area contributed by atoms with E-state index in [1.165, 1.54) is 25.7 Å². The van der Waals surface area contributed by atoms with E-state index in [0.717, 1.165) is 29.7 Å². The van der Waals surface area contributed by atoms with Crippen LogP contribution in [-0.4, -0.2) is 19.3 Å². The summed E-state index contributed by atoms with van der Waals surface area (Å²) in [5.41, 5.74) is 9.42. The molecule has 2 heterocycles. The molecule has 1 aliphatic rings. The lowest BCUT2D eigenvalue weighted by molar-refractivity contribution is 0.262. The number of nitrogens with two attached hydrogens (primary N) is 1. The smallest absolute Gasteiger partial charge is 0.202 e. The van der Waals surface area contributed by atoms with Crippen molar-refractivity contribution in [2.75, 3.05) is 5.73 Å². The Morgan fingerprint density at radius 3 is 2.75 bits per heavy atom. The zero-order valence-corrected chi connectivity index (χ0v) is 12.8. The highest BCUT2D eigenvalue weighted by Crippen LogP contribution is 2.37. The number of fused-ring (bicyclic) bond motifs is 1. The van der Waals surface area contributed by atoms with E-state index >= 15 is 0 Å². The van der Waals surface area contributed by atoms with Crippen molar-refractivity contribution in [2.45, 2.75) is 58.4 Å². The molecule has 5 nitrogen and oxygen atoms in total. The van der Waals surface area contributed by atoms with Crippen LogP contribution < -0.4 is 5.73 Å². The largest absolute Gasteiger partial charge is 0.369 e. The molecule has 0 aromatic carbocycles. The van der Waals surface area contributed by atoms with Gasteiger partial charge in [-0.2, -0.15) is 5.10 Å². The number of nitrogen functional groups attached to an aromatic ring is 1. The van der Waals surface area contributed by atoms with Gasteiger partial charge in [-0.05, 0) is 25.2 Å². The number of nitrogens with zero attached hydrogens (tertiary/aromatic N) is 4. The number of rotatable bonds is 3. The van der Waals surface area contributed by atoms with Crippen molar-refractivity contribution in [1.29, 1.82) is 0 Å². The summed E-state index contributed by atoms with van der Waals surface area (Å²) in [5.74, 6) is 1.32. The molecule has 0 amide bonds. The molecule has 1 saturated carbocycles. The molecular formula is C15H25N5. The number of aromatic nitrogens is 4. The fourth-order valence-electron chi connectivity index (χ4n) is 3.63. The summed E-state index contributed by atoms with van der Waals surface area (Å²) in [6.45, 7) is 4.50. The fraction of sp³-hybridized carbons (Fsp3) is 0.733. The van der Waals surface area contributed by atoms with Crippen LogP contribution in [0, 0.1) is 5.92 Å². The average Bonchev–Trinajstić information content (AvgIpc) is 2.89. The number of aryl methyl sites for hydroxylation is 2. The van der Waals surface area contributed by atoms with E-state index in [0.29, 0.717) is 17.9 Å². The molecule has 0 radical (unpaired) electrons. The van der Waals surface area contributed by atoms with Crippen LogP contribution in [-0.2, 0) is 13.5 Å². The Bertz CT molecular complexity index is 609. The second kappa shape index (κ2) is 5.11. The molecule has 5 heteroatoms. The topological polar surface area (TPSA) is 61.7 Å². The number of hydrogen-bond acceptors (Lipinski definition) is 3. The molecule has 2 N–H and O–H groups in total. The van der Waals surface area contributed by atoms with Gasteiger partial charge >= 0.3 is 0 Å². The van der Waals surface area contributed by atoms with Crippen LogP contribution in [0.15, 0.2) is 0 Å². The molecule has 3 rings (SSSR count). The van der Waals surface area contributed by atoms with E-state index in [-0.39, 0.29) is 0 Å². The third-order valence-electron chi connectivity index (χ3n) is 4.65. The predicted octanol–water partition coefficient (Wildman–Crippen LogP) is 3.06. The minimum absolute atomic E-state index is 0.471. The summed E-state index contributed by atoms with van der Waals surface area (Å²) in [6, 6.07) is 0.471. The summed E-state index contributed by atoms with van der Waals surface area (Å²) in [5, 5.41) is 4.64. The van der Waals surface area contributed by atoms with E-state index in [1.54, 1.807) is 0 Å². The Hall–Kier alpha value is -1.52. The highest BCUT2D eigenvalue weighted by molar-refractivity contribution is 5.78. The molecular weight excluding hydrogens is 250 g/mol. The fourth-order valence-corrected chi connectivity index (χ4v) is 3.63. The molecule has 2 aromatic rings. The Morgan fingerprint density at radius 2 is 2.05 bits per heavy atom. The van der Waals surface area contributed by atoms with Crippen molar-refractivity contribution in [2.24, 2.45) is 13.0 Å². The van der Waals surface area contributed by atoms with Crippen LogP contribution >= 0.6 is 0 Å². The lowest BCUT2D eigenvalue weighted by Gasteiger charge is -2.30. The molecule has 1 fully saturated rings. The van der Waals surface area contributed by atoms with Gasteiger partial charge in [0.25, 0.3) is 0 Å². The van der Waals surface area contributed by atoms with Gasteiger partial charge in [0.1, 0.15) is 5.52 Å². The van der Waals surface area contributed by atoms with Crippen LogP contribution in [0.1, 0.15) is 57.7 Å². The number of anilines is 1. The highest BCUT2D eigenvalue weighted by Gasteiger charge is 2.28. The first-order valence-electron chi connectivity index (χ1n) is 7.82. The zero-order valence-electron chi connectivity index (χ0n) is 12.8. The van der Waals surface area contributed by atoms with Gasteiger partial charge in [0, 0.05) is 13.1 Å². The summed E-state index contributed by atoms with van der Waals surface area (Å²) in [4.78, 5) is 4.62. The quantitative estimate of drug-likeness (QED) is 0.936. The third kappa shape index (κ3) is 2.00. The normalized spacial score (nSPS) is 23.6. The first-order valence-corrected chi connectivity index (χ1v) is 7.82. The van der Waals surface area contributed by atoms with Crippen molar-refractivity contribution in [1.82, 2.24) is 19.3 Å². The Balaban J connectivity index is 2.12. The minimum Gasteiger partial charge on any atom is -0.369 e. The third-order valence-corrected chi connectivity index (χ3v) is 4.65. The van der Waals surface area contributed by atoms with Gasteiger partial charge < -0.3 is 5.73 Å². The van der Waals surface area contributed by atoms with E-state index in [2.05, 4.69) is 28.5 Å². The molecule has 0 bridgehead atoms. The lowest BCUT2D eigenvalue weighted by Crippen LogP contribution is -2.23. The molecule has 110 valence electrons. The molecule has 2 atom stereocenters. The minimum atomic E-state index is 0.471. The molecule has 2 aromatic heterocycles. The van der Waals surface area contributed by atoms with Gasteiger partial charge in [-0.1, -0.05) is 33.1 Å². The maximum Gasteiger partial charge on any atom is 0.202 e. The zero-order chi connectivity index (χ0) is 14.3. The van der Waals surface area contributed by atoms with Gasteiger partial charge in [-0.25, -0.2) is 4.98 Å². The Morgan fingerprint density at radius 1 is 1.30 bits per heavy atom. The van der Waals surface area contributed by atoms with Crippen LogP contribution in [0.25, 0.3) is 11.2 Å². The van der Waals surface area contributed by atoms with E-state index in [1.807, 2.05) is 11.7 Å². The molecule has 0 aliphatic heterocycles. The SMILES string of the molecule is CCCc1nn(C)c2c1nc(N)n2C1CCCCC1C. The maximum atomic E-state index is 6.24. The Labute approximate surface area is 120 Å². The molecule has 0 spiro atoms. The van der Waals surface area contributed by atoms with Crippen LogP contribution in [0.2, 0.25) is 0 Å². The van der Waals surface area contributed by atoms with Gasteiger partial charge in [-0.15, -0.1) is 0 Å². The maximum absolute atomic E-state index is 6.24. The second-order valence-corrected chi connectivity index (χ2v) is 6.16. The summed E-state index contributed by atoms with van der Waals surface area (Å²) in [7, 11) is 2.01. The van der Waals surface area contributed by atoms with Gasteiger partial charge in [0.05, 0.1) is 5.69 Å². The van der Waals surface area contributed by atoms with E-state index in [4.69, 9.17) is 5.73 Å². The average molecular weight is 275 g/mol. The van der Waals surface area contributed by atoms with Crippen LogP contribution in [0.4, 0.5) is 5.95 Å². The summed E-state index contributed by atoms with van der Waals surface area (Å²) >= 11 is 0. The van der Waals surface area contributed by atoms with Crippen molar-refractivity contribution >= 4 is 17.1 Å². The van der Waals surface area contributed by atoms with Crippen molar-refractivity contribution < 1.29 is 0 Å². The highest BCUT2D eigenvalue weighted by atomic mass is 15.4. The standard InChI is InChI=1S/C15H25N5/c1-4-7-11-13-14(19(3)18-11)20(15(16)17-13)12-9-6-5-8-10(12)2/h10,12H,4-9H2,1-3H3,(H2,16,17). The molecule has 20 heavy (non-hydrogen) atoms. The summed E-state index contributed by atoms with van der Waals surface area (Å²) in [6.07, 6.45) is 7.15. The van der Waals surface area contributed by atoms with Crippen molar-refractivity contribution in [3.05, 3.63) is 5.69 Å². The van der Waals surface area contributed by atoms with Crippen molar-refractivity contribution in [3.63, 3.8) is 0 Å². The Kier molecular flexibility index (Phi) is 3.44. The molecule has 0 saturated heterocycles. The van der Waals surface area contributed by atoms with Gasteiger partial charge in [0.2, 0.25) is 5.95 Å². The van der Waals surface area contributed by atoms with Gasteiger partial charge in [0.15, 0.2) is 5.65 Å². The second-order valence-electron chi connectivity index (χ2n) is 6.16. The van der Waals surface area contributed by atoms with Gasteiger partial charge in [-0.3, -0.25) is 9.25 Å². The van der Waals surface area contributed by atoms with E-state index in [9.17, 15) is 0 Å². The molecule has 2 unspecified atom stereocenters. The van der Waals surface area contributed by atoms with E-state index < -0.39 is 0 Å².